The molecule has 7 nitrogen and oxygen atoms in total. The van der Waals surface area contributed by atoms with E-state index in [4.69, 9.17) is 10.7 Å². The normalized spacial score (nSPS) is 11.2. The van der Waals surface area contributed by atoms with Crippen LogP contribution in [0.15, 0.2) is 17.0 Å². The van der Waals surface area contributed by atoms with Crippen LogP contribution in [0, 0.1) is 17.0 Å². The Morgan fingerprint density at radius 3 is 2.24 bits per heavy atom. The quantitative estimate of drug-likeness (QED) is 0.467. The van der Waals surface area contributed by atoms with Crippen molar-refractivity contribution in [1.82, 2.24) is 4.90 Å². The maximum Gasteiger partial charge on any atom is 0.274 e. The Kier molecular flexibility index (Phi) is 5.30. The van der Waals surface area contributed by atoms with Crippen molar-refractivity contribution in [2.45, 2.75) is 25.7 Å². The molecule has 21 heavy (non-hydrogen) atoms. The van der Waals surface area contributed by atoms with E-state index < -0.39 is 30.5 Å². The van der Waals surface area contributed by atoms with Gasteiger partial charge in [0.2, 0.25) is 0 Å². The Hall–Kier alpha value is -1.67. The molecule has 0 fully saturated rings. The van der Waals surface area contributed by atoms with Crippen LogP contribution in [0.3, 0.4) is 0 Å². The van der Waals surface area contributed by atoms with Crippen molar-refractivity contribution in [2.24, 2.45) is 0 Å². The van der Waals surface area contributed by atoms with Crippen LogP contribution in [0.4, 0.5) is 5.69 Å². The van der Waals surface area contributed by atoms with Crippen LogP contribution < -0.4 is 0 Å². The van der Waals surface area contributed by atoms with Crippen LogP contribution in [0.5, 0.6) is 0 Å². The van der Waals surface area contributed by atoms with E-state index in [1.165, 1.54) is 11.8 Å². The Morgan fingerprint density at radius 1 is 1.33 bits per heavy atom. The molecular formula is C12H15ClN2O5S. The van der Waals surface area contributed by atoms with Crippen molar-refractivity contribution in [3.63, 3.8) is 0 Å². The summed E-state index contributed by atoms with van der Waals surface area (Å²) in [6.45, 7) is 5.59. The van der Waals surface area contributed by atoms with Gasteiger partial charge in [-0.15, -0.1) is 0 Å². The molecule has 0 aliphatic rings. The van der Waals surface area contributed by atoms with Crippen LogP contribution in [-0.4, -0.2) is 37.2 Å². The van der Waals surface area contributed by atoms with Gasteiger partial charge in [0, 0.05) is 41.0 Å². The highest BCUT2D eigenvalue weighted by atomic mass is 35.7. The molecule has 0 aliphatic carbocycles. The average Bonchev–Trinajstić information content (AvgIpc) is 2.38. The number of halogens is 1. The molecule has 0 aliphatic heterocycles. The predicted molar refractivity (Wildman–Crippen MR) is 78.1 cm³/mol. The second-order valence-corrected chi connectivity index (χ2v) is 6.83. The van der Waals surface area contributed by atoms with Gasteiger partial charge in [-0.25, -0.2) is 8.42 Å². The lowest BCUT2D eigenvalue weighted by atomic mass is 10.1. The summed E-state index contributed by atoms with van der Waals surface area (Å²) in [6.07, 6.45) is 0. The molecule has 0 saturated heterocycles. The molecule has 116 valence electrons. The molecule has 1 aromatic rings. The summed E-state index contributed by atoms with van der Waals surface area (Å²) < 4.78 is 23.1. The summed E-state index contributed by atoms with van der Waals surface area (Å²) in [4.78, 5) is 23.5. The Morgan fingerprint density at radius 2 is 1.86 bits per heavy atom. The third-order valence-electron chi connectivity index (χ3n) is 3.09. The number of nitrogens with zero attached hydrogens (tertiary/aromatic N) is 2. The predicted octanol–water partition coefficient (Wildman–Crippen LogP) is 2.31. The molecule has 0 unspecified atom stereocenters. The molecule has 0 saturated carbocycles. The van der Waals surface area contributed by atoms with Gasteiger partial charge in [0.25, 0.3) is 20.6 Å². The molecule has 0 N–H and O–H groups in total. The summed E-state index contributed by atoms with van der Waals surface area (Å²) in [7, 11) is 1.10. The summed E-state index contributed by atoms with van der Waals surface area (Å²) in [5.41, 5.74) is -0.617. The highest BCUT2D eigenvalue weighted by Crippen LogP contribution is 2.29. The van der Waals surface area contributed by atoms with Gasteiger partial charge >= 0.3 is 0 Å². The molecule has 1 aromatic carbocycles. The minimum Gasteiger partial charge on any atom is -0.339 e. The van der Waals surface area contributed by atoms with Gasteiger partial charge in [0.05, 0.1) is 9.82 Å². The fraction of sp³-hybridized carbons (Fsp3) is 0.417. The zero-order valence-electron chi connectivity index (χ0n) is 11.8. The Labute approximate surface area is 127 Å². The second kappa shape index (κ2) is 6.40. The van der Waals surface area contributed by atoms with Crippen LogP contribution >= 0.6 is 10.7 Å². The van der Waals surface area contributed by atoms with Crippen molar-refractivity contribution in [1.29, 1.82) is 0 Å². The summed E-state index contributed by atoms with van der Waals surface area (Å²) >= 11 is 0. The highest BCUT2D eigenvalue weighted by molar-refractivity contribution is 8.13. The van der Waals surface area contributed by atoms with E-state index in [9.17, 15) is 23.3 Å². The number of hydrogen-bond acceptors (Lipinski definition) is 5. The number of carbonyl (C=O) groups excluding carboxylic acids is 1. The van der Waals surface area contributed by atoms with Crippen LogP contribution in [0.1, 0.15) is 29.8 Å². The van der Waals surface area contributed by atoms with Gasteiger partial charge in [-0.1, -0.05) is 0 Å². The lowest BCUT2D eigenvalue weighted by Crippen LogP contribution is -2.30. The monoisotopic (exact) mass is 334 g/mol. The number of benzene rings is 1. The molecule has 9 heteroatoms. The Balaban J connectivity index is 3.59. The standard InChI is InChI=1S/C12H15ClN2O5S/c1-4-14(5-2)12(16)9-6-10(15(17)18)8(3)11(7-9)21(13,19)20/h6-7H,4-5H2,1-3H3. The van der Waals surface area contributed by atoms with E-state index in [1.807, 2.05) is 0 Å². The van der Waals surface area contributed by atoms with E-state index in [0.717, 1.165) is 12.1 Å². The molecule has 0 spiro atoms. The third-order valence-corrected chi connectivity index (χ3v) is 4.54. The van der Waals surface area contributed by atoms with Crippen LogP contribution in [0.2, 0.25) is 0 Å². The number of rotatable bonds is 5. The maximum atomic E-state index is 12.2. The number of hydrogen-bond donors (Lipinski definition) is 0. The molecular weight excluding hydrogens is 320 g/mol. The van der Waals surface area contributed by atoms with E-state index in [1.54, 1.807) is 13.8 Å². The van der Waals surface area contributed by atoms with Gasteiger partial charge in [0.1, 0.15) is 0 Å². The van der Waals surface area contributed by atoms with Crippen molar-refractivity contribution < 1.29 is 18.1 Å². The Bertz CT molecular complexity index is 683. The summed E-state index contributed by atoms with van der Waals surface area (Å²) in [6, 6.07) is 2.15. The molecule has 0 bridgehead atoms. The minimum absolute atomic E-state index is 0.0739. The lowest BCUT2D eigenvalue weighted by molar-refractivity contribution is -0.385. The number of carbonyl (C=O) groups is 1. The molecule has 0 atom stereocenters. The number of amides is 1. The molecule has 0 radical (unpaired) electrons. The summed E-state index contributed by atoms with van der Waals surface area (Å²) in [5, 5.41) is 11.0. The van der Waals surface area contributed by atoms with Gasteiger partial charge in [-0.2, -0.15) is 0 Å². The molecule has 1 rings (SSSR count). The first kappa shape index (κ1) is 17.4. The minimum atomic E-state index is -4.19. The number of nitro groups is 1. The first-order valence-electron chi connectivity index (χ1n) is 6.16. The van der Waals surface area contributed by atoms with Crippen molar-refractivity contribution in [3.8, 4) is 0 Å². The van der Waals surface area contributed by atoms with Gasteiger partial charge < -0.3 is 4.90 Å². The third kappa shape index (κ3) is 3.70. The fourth-order valence-corrected chi connectivity index (χ4v) is 3.15. The SMILES string of the molecule is CCN(CC)C(=O)c1cc([N+](=O)[O-])c(C)c(S(=O)(=O)Cl)c1. The van der Waals surface area contributed by atoms with Gasteiger partial charge in [0.15, 0.2) is 0 Å². The maximum absolute atomic E-state index is 12.2. The zero-order chi connectivity index (χ0) is 16.4. The van der Waals surface area contributed by atoms with Gasteiger partial charge in [-0.05, 0) is 26.8 Å². The van der Waals surface area contributed by atoms with Crippen molar-refractivity contribution in [3.05, 3.63) is 33.4 Å². The molecule has 0 heterocycles. The van der Waals surface area contributed by atoms with Crippen LogP contribution in [-0.2, 0) is 9.05 Å². The van der Waals surface area contributed by atoms with E-state index >= 15 is 0 Å². The van der Waals surface area contributed by atoms with Crippen LogP contribution in [0.25, 0.3) is 0 Å². The second-order valence-electron chi connectivity index (χ2n) is 4.29. The first-order chi connectivity index (χ1) is 9.63. The van der Waals surface area contributed by atoms with E-state index in [2.05, 4.69) is 0 Å². The average molecular weight is 335 g/mol. The van der Waals surface area contributed by atoms with E-state index in [0.29, 0.717) is 13.1 Å². The van der Waals surface area contributed by atoms with Gasteiger partial charge in [-0.3, -0.25) is 14.9 Å². The molecule has 0 aromatic heterocycles. The summed E-state index contributed by atoms with van der Waals surface area (Å²) in [5.74, 6) is -0.482. The lowest BCUT2D eigenvalue weighted by Gasteiger charge is -2.19. The van der Waals surface area contributed by atoms with Crippen molar-refractivity contribution >= 4 is 31.3 Å². The largest absolute Gasteiger partial charge is 0.339 e. The van der Waals surface area contributed by atoms with E-state index in [-0.39, 0.29) is 11.1 Å². The molecule has 1 amide bonds. The smallest absolute Gasteiger partial charge is 0.274 e. The fourth-order valence-electron chi connectivity index (χ4n) is 1.93. The topological polar surface area (TPSA) is 97.6 Å². The first-order valence-corrected chi connectivity index (χ1v) is 8.47. The van der Waals surface area contributed by atoms with Crippen molar-refractivity contribution in [2.75, 3.05) is 13.1 Å². The zero-order valence-corrected chi connectivity index (χ0v) is 13.4. The highest BCUT2D eigenvalue weighted by Gasteiger charge is 2.26. The number of nitro benzene ring substituents is 1.